The van der Waals surface area contributed by atoms with Crippen molar-refractivity contribution in [3.05, 3.63) is 77.6 Å². The Hall–Kier alpha value is -4.01. The monoisotopic (exact) mass is 434 g/mol. The Morgan fingerprint density at radius 2 is 1.78 bits per heavy atom. The van der Waals surface area contributed by atoms with Gasteiger partial charge in [-0.3, -0.25) is 14.4 Å². The molecule has 0 aliphatic heterocycles. The Balaban J connectivity index is 1.38. The maximum absolute atomic E-state index is 12.1. The van der Waals surface area contributed by atoms with Gasteiger partial charge in [0.2, 0.25) is 17.7 Å². The van der Waals surface area contributed by atoms with Crippen molar-refractivity contribution in [2.75, 3.05) is 5.32 Å². The number of rotatable bonds is 10. The molecule has 4 N–H and O–H groups in total. The third kappa shape index (κ3) is 6.49. The lowest BCUT2D eigenvalue weighted by Gasteiger charge is -2.11. The number of benzene rings is 2. The van der Waals surface area contributed by atoms with Crippen LogP contribution in [0.1, 0.15) is 53.8 Å². The number of carbonyl (C=O) groups is 3. The highest BCUT2D eigenvalue weighted by molar-refractivity contribution is 5.96. The van der Waals surface area contributed by atoms with Crippen molar-refractivity contribution in [2.45, 2.75) is 38.8 Å². The van der Waals surface area contributed by atoms with Gasteiger partial charge in [-0.25, -0.2) is 4.68 Å². The zero-order valence-electron chi connectivity index (χ0n) is 17.8. The first-order chi connectivity index (χ1) is 15.4. The molecule has 1 atom stereocenters. The van der Waals surface area contributed by atoms with Crippen LogP contribution in [0.15, 0.2) is 60.8 Å². The van der Waals surface area contributed by atoms with E-state index in [-0.39, 0.29) is 37.2 Å². The van der Waals surface area contributed by atoms with Crippen LogP contribution in [0.3, 0.4) is 0 Å². The SMILES string of the molecule is CC(c1ccccc1)n1cc(CNC(=O)CCCC(=O)Nc2cccc(C(N)=O)c2)nn1. The number of primary amides is 1. The van der Waals surface area contributed by atoms with E-state index >= 15 is 0 Å². The van der Waals surface area contributed by atoms with E-state index in [1.807, 2.05) is 43.5 Å². The highest BCUT2D eigenvalue weighted by Crippen LogP contribution is 2.16. The first-order valence-electron chi connectivity index (χ1n) is 10.3. The standard InChI is InChI=1S/C23H26N6O3/c1-16(17-7-3-2-4-8-17)29-15-20(27-28-29)14-25-21(30)11-6-12-22(31)26-19-10-5-9-18(13-19)23(24)32/h2-5,7-10,13,15-16H,6,11-12,14H2,1H3,(H2,24,32)(H,25,30)(H,26,31). The summed E-state index contributed by atoms with van der Waals surface area (Å²) in [5.41, 5.74) is 7.82. The zero-order valence-corrected chi connectivity index (χ0v) is 17.8. The molecular weight excluding hydrogens is 408 g/mol. The highest BCUT2D eigenvalue weighted by Gasteiger charge is 2.11. The first-order valence-corrected chi connectivity index (χ1v) is 10.3. The normalized spacial score (nSPS) is 11.5. The predicted octanol–water partition coefficient (Wildman–Crippen LogP) is 2.41. The molecular formula is C23H26N6O3. The van der Waals surface area contributed by atoms with E-state index in [1.165, 1.54) is 6.07 Å². The molecule has 2 aromatic carbocycles. The van der Waals surface area contributed by atoms with Gasteiger partial charge in [-0.1, -0.05) is 41.6 Å². The van der Waals surface area contributed by atoms with Gasteiger partial charge < -0.3 is 16.4 Å². The molecule has 1 unspecified atom stereocenters. The molecule has 0 spiro atoms. The van der Waals surface area contributed by atoms with Gasteiger partial charge in [0.15, 0.2) is 0 Å². The van der Waals surface area contributed by atoms with Crippen molar-refractivity contribution >= 4 is 23.4 Å². The van der Waals surface area contributed by atoms with Gasteiger partial charge >= 0.3 is 0 Å². The summed E-state index contributed by atoms with van der Waals surface area (Å²) >= 11 is 0. The molecule has 3 aromatic rings. The minimum Gasteiger partial charge on any atom is -0.366 e. The third-order valence-electron chi connectivity index (χ3n) is 4.94. The number of anilines is 1. The Morgan fingerprint density at radius 3 is 2.53 bits per heavy atom. The Morgan fingerprint density at radius 1 is 1.03 bits per heavy atom. The van der Waals surface area contributed by atoms with E-state index in [0.29, 0.717) is 23.4 Å². The molecule has 0 saturated carbocycles. The molecule has 3 rings (SSSR count). The fraction of sp³-hybridized carbons (Fsp3) is 0.261. The van der Waals surface area contributed by atoms with E-state index < -0.39 is 5.91 Å². The summed E-state index contributed by atoms with van der Waals surface area (Å²) in [5, 5.41) is 13.7. The summed E-state index contributed by atoms with van der Waals surface area (Å²) in [6.07, 6.45) is 2.60. The minimum absolute atomic E-state index is 0.0373. The number of hydrogen-bond acceptors (Lipinski definition) is 5. The Bertz CT molecular complexity index is 1080. The lowest BCUT2D eigenvalue weighted by molar-refractivity contribution is -0.121. The fourth-order valence-electron chi connectivity index (χ4n) is 3.13. The molecule has 32 heavy (non-hydrogen) atoms. The summed E-state index contributed by atoms with van der Waals surface area (Å²) in [6.45, 7) is 2.30. The van der Waals surface area contributed by atoms with Crippen LogP contribution in [0, 0.1) is 0 Å². The molecule has 0 bridgehead atoms. The number of nitrogens with two attached hydrogens (primary N) is 1. The van der Waals surface area contributed by atoms with Crippen molar-refractivity contribution in [1.29, 1.82) is 0 Å². The Labute approximate surface area is 186 Å². The minimum atomic E-state index is -0.563. The number of nitrogens with one attached hydrogen (secondary N) is 2. The first kappa shape index (κ1) is 22.7. The largest absolute Gasteiger partial charge is 0.366 e. The summed E-state index contributed by atoms with van der Waals surface area (Å²) < 4.78 is 1.76. The van der Waals surface area contributed by atoms with Crippen LogP contribution in [-0.4, -0.2) is 32.7 Å². The molecule has 1 heterocycles. The molecule has 3 amide bonds. The molecule has 0 saturated heterocycles. The number of amides is 3. The van der Waals surface area contributed by atoms with Gasteiger partial charge in [0.25, 0.3) is 0 Å². The highest BCUT2D eigenvalue weighted by atomic mass is 16.2. The second-order valence-electron chi connectivity index (χ2n) is 7.40. The van der Waals surface area contributed by atoms with Crippen LogP contribution in [0.5, 0.6) is 0 Å². The van der Waals surface area contributed by atoms with E-state index in [1.54, 1.807) is 22.9 Å². The molecule has 1 aromatic heterocycles. The van der Waals surface area contributed by atoms with Crippen molar-refractivity contribution in [3.63, 3.8) is 0 Å². The van der Waals surface area contributed by atoms with Crippen LogP contribution in [0.2, 0.25) is 0 Å². The topological polar surface area (TPSA) is 132 Å². The average molecular weight is 435 g/mol. The fourth-order valence-corrected chi connectivity index (χ4v) is 3.13. The molecule has 9 heteroatoms. The van der Waals surface area contributed by atoms with Gasteiger partial charge in [0.1, 0.15) is 5.69 Å². The van der Waals surface area contributed by atoms with Gasteiger partial charge in [-0.2, -0.15) is 0 Å². The van der Waals surface area contributed by atoms with Gasteiger partial charge in [0, 0.05) is 24.1 Å². The van der Waals surface area contributed by atoms with Crippen LogP contribution in [-0.2, 0) is 16.1 Å². The van der Waals surface area contributed by atoms with E-state index in [9.17, 15) is 14.4 Å². The van der Waals surface area contributed by atoms with Gasteiger partial charge in [0.05, 0.1) is 18.8 Å². The second-order valence-corrected chi connectivity index (χ2v) is 7.40. The zero-order chi connectivity index (χ0) is 22.9. The maximum Gasteiger partial charge on any atom is 0.248 e. The summed E-state index contributed by atoms with van der Waals surface area (Å²) in [7, 11) is 0. The smallest absolute Gasteiger partial charge is 0.248 e. The summed E-state index contributed by atoms with van der Waals surface area (Å²) in [5.74, 6) is -0.969. The van der Waals surface area contributed by atoms with E-state index in [0.717, 1.165) is 5.56 Å². The van der Waals surface area contributed by atoms with Crippen LogP contribution >= 0.6 is 0 Å². The van der Waals surface area contributed by atoms with Crippen molar-refractivity contribution in [3.8, 4) is 0 Å². The predicted molar refractivity (Wildman–Crippen MR) is 120 cm³/mol. The molecule has 0 fully saturated rings. The number of nitrogens with zero attached hydrogens (tertiary/aromatic N) is 3. The van der Waals surface area contributed by atoms with Crippen molar-refractivity contribution in [2.24, 2.45) is 5.73 Å². The van der Waals surface area contributed by atoms with Crippen LogP contribution in [0.25, 0.3) is 0 Å². The maximum atomic E-state index is 12.1. The molecule has 166 valence electrons. The van der Waals surface area contributed by atoms with Crippen molar-refractivity contribution < 1.29 is 14.4 Å². The lowest BCUT2D eigenvalue weighted by Crippen LogP contribution is -2.23. The third-order valence-corrected chi connectivity index (χ3v) is 4.94. The Kier molecular flexibility index (Phi) is 7.69. The number of hydrogen-bond donors (Lipinski definition) is 3. The molecule has 0 aliphatic carbocycles. The number of aromatic nitrogens is 3. The lowest BCUT2D eigenvalue weighted by atomic mass is 10.1. The summed E-state index contributed by atoms with van der Waals surface area (Å²) in [6, 6.07) is 16.4. The molecule has 0 aliphatic rings. The van der Waals surface area contributed by atoms with Gasteiger partial charge in [-0.15, -0.1) is 5.10 Å². The van der Waals surface area contributed by atoms with E-state index in [4.69, 9.17) is 5.73 Å². The number of carbonyl (C=O) groups excluding carboxylic acids is 3. The molecule has 9 nitrogen and oxygen atoms in total. The van der Waals surface area contributed by atoms with Gasteiger partial charge in [-0.05, 0) is 37.1 Å². The van der Waals surface area contributed by atoms with Crippen molar-refractivity contribution in [1.82, 2.24) is 20.3 Å². The van der Waals surface area contributed by atoms with Crippen LogP contribution < -0.4 is 16.4 Å². The second kappa shape index (κ2) is 10.9. The average Bonchev–Trinajstić information content (AvgIpc) is 3.27. The van der Waals surface area contributed by atoms with Crippen LogP contribution in [0.4, 0.5) is 5.69 Å². The summed E-state index contributed by atoms with van der Waals surface area (Å²) in [4.78, 5) is 35.4. The molecule has 0 radical (unpaired) electrons. The quantitative estimate of drug-likeness (QED) is 0.451. The van der Waals surface area contributed by atoms with E-state index in [2.05, 4.69) is 20.9 Å².